The van der Waals surface area contributed by atoms with Crippen molar-refractivity contribution in [3.63, 3.8) is 0 Å². The van der Waals surface area contributed by atoms with Crippen LogP contribution in [-0.4, -0.2) is 23.1 Å². The Labute approximate surface area is 168 Å². The van der Waals surface area contributed by atoms with Crippen LogP contribution in [-0.2, 0) is 11.3 Å². The molecule has 0 radical (unpaired) electrons. The van der Waals surface area contributed by atoms with Gasteiger partial charge in [-0.05, 0) is 86.5 Å². The number of hydrogen-bond acceptors (Lipinski definition) is 2. The van der Waals surface area contributed by atoms with E-state index in [4.69, 9.17) is 4.74 Å². The summed E-state index contributed by atoms with van der Waals surface area (Å²) in [5.41, 5.74) is 2.78. The number of carbonyl (C=O) groups excluding carboxylic acids is 1. The molecule has 2 heterocycles. The monoisotopic (exact) mass is 377 g/mol. The Hall–Kier alpha value is -1.77. The fourth-order valence-electron chi connectivity index (χ4n) is 7.72. The maximum absolute atomic E-state index is 12.8. The molecule has 4 saturated carbocycles. The van der Waals surface area contributed by atoms with Crippen molar-refractivity contribution < 1.29 is 9.53 Å². The van der Waals surface area contributed by atoms with Crippen molar-refractivity contribution >= 4 is 6.09 Å². The van der Waals surface area contributed by atoms with Crippen molar-refractivity contribution in [1.82, 2.24) is 4.90 Å². The lowest BCUT2D eigenvalue weighted by Gasteiger charge is -2.56. The SMILES string of the molecule is O=C(OCc1ccccc1)N1C2C=C(C3C4CC5CC(C4)CC3C5)CC1CC2. The zero-order chi connectivity index (χ0) is 18.7. The molecule has 6 aliphatic rings. The highest BCUT2D eigenvalue weighted by molar-refractivity contribution is 5.70. The molecule has 0 spiro atoms. The molecule has 1 saturated heterocycles. The van der Waals surface area contributed by atoms with Crippen LogP contribution in [0.4, 0.5) is 4.79 Å². The van der Waals surface area contributed by atoms with Crippen LogP contribution in [0, 0.1) is 29.6 Å². The Bertz CT molecular complexity index is 757. The molecule has 1 aromatic carbocycles. The molecule has 3 heteroatoms. The van der Waals surface area contributed by atoms with Crippen LogP contribution >= 0.6 is 0 Å². The van der Waals surface area contributed by atoms with Crippen LogP contribution in [0.1, 0.15) is 56.9 Å². The summed E-state index contributed by atoms with van der Waals surface area (Å²) < 4.78 is 5.68. The van der Waals surface area contributed by atoms with E-state index in [1.165, 1.54) is 32.1 Å². The fraction of sp³-hybridized carbons (Fsp3) is 0.640. The largest absolute Gasteiger partial charge is 0.445 e. The Morgan fingerprint density at radius 3 is 2.36 bits per heavy atom. The van der Waals surface area contributed by atoms with E-state index in [1.54, 1.807) is 5.57 Å². The Balaban J connectivity index is 1.16. The number of fused-ring (bicyclic) bond motifs is 2. The molecule has 7 rings (SSSR count). The van der Waals surface area contributed by atoms with Gasteiger partial charge in [0.15, 0.2) is 0 Å². The summed E-state index contributed by atoms with van der Waals surface area (Å²) >= 11 is 0. The summed E-state index contributed by atoms with van der Waals surface area (Å²) in [7, 11) is 0. The normalized spacial score (nSPS) is 40.5. The zero-order valence-electron chi connectivity index (χ0n) is 16.6. The van der Waals surface area contributed by atoms with Gasteiger partial charge >= 0.3 is 6.09 Å². The summed E-state index contributed by atoms with van der Waals surface area (Å²) in [4.78, 5) is 14.9. The van der Waals surface area contributed by atoms with Gasteiger partial charge < -0.3 is 4.74 Å². The highest BCUT2D eigenvalue weighted by atomic mass is 16.6. The van der Waals surface area contributed by atoms with E-state index >= 15 is 0 Å². The smallest absolute Gasteiger partial charge is 0.410 e. The van der Waals surface area contributed by atoms with Crippen molar-refractivity contribution in [1.29, 1.82) is 0 Å². The summed E-state index contributed by atoms with van der Waals surface area (Å²) in [5.74, 6) is 4.78. The summed E-state index contributed by atoms with van der Waals surface area (Å²) in [6.45, 7) is 0.377. The van der Waals surface area contributed by atoms with Crippen LogP contribution < -0.4 is 0 Å². The number of nitrogens with zero attached hydrogens (tertiary/aromatic N) is 1. The second kappa shape index (κ2) is 6.64. The molecule has 3 nitrogen and oxygen atoms in total. The maximum Gasteiger partial charge on any atom is 0.410 e. The maximum atomic E-state index is 12.8. The molecule has 1 aromatic rings. The quantitative estimate of drug-likeness (QED) is 0.646. The highest BCUT2D eigenvalue weighted by Crippen LogP contribution is 2.59. The number of amides is 1. The molecule has 0 N–H and O–H groups in total. The number of rotatable bonds is 3. The fourth-order valence-corrected chi connectivity index (χ4v) is 7.72. The molecular weight excluding hydrogens is 346 g/mol. The second-order valence-corrected chi connectivity index (χ2v) is 10.1. The first-order valence-corrected chi connectivity index (χ1v) is 11.4. The number of hydrogen-bond donors (Lipinski definition) is 0. The van der Waals surface area contributed by atoms with Crippen molar-refractivity contribution in [2.24, 2.45) is 29.6 Å². The van der Waals surface area contributed by atoms with Crippen LogP contribution in [0.25, 0.3) is 0 Å². The van der Waals surface area contributed by atoms with Crippen molar-refractivity contribution in [2.75, 3.05) is 0 Å². The molecule has 6 bridgehead atoms. The Kier molecular flexibility index (Phi) is 4.06. The molecular formula is C25H31NO2. The second-order valence-electron chi connectivity index (χ2n) is 10.1. The molecule has 1 amide bonds. The highest BCUT2D eigenvalue weighted by Gasteiger charge is 2.51. The van der Waals surface area contributed by atoms with Crippen molar-refractivity contribution in [2.45, 2.75) is 70.1 Å². The van der Waals surface area contributed by atoms with Crippen LogP contribution in [0.5, 0.6) is 0 Å². The Morgan fingerprint density at radius 2 is 1.68 bits per heavy atom. The molecule has 4 aliphatic carbocycles. The van der Waals surface area contributed by atoms with Gasteiger partial charge in [-0.25, -0.2) is 4.79 Å². The van der Waals surface area contributed by atoms with E-state index in [0.29, 0.717) is 12.6 Å². The first-order chi connectivity index (χ1) is 13.7. The first kappa shape index (κ1) is 17.1. The van der Waals surface area contributed by atoms with E-state index in [9.17, 15) is 4.79 Å². The lowest BCUT2D eigenvalue weighted by atomic mass is 9.50. The van der Waals surface area contributed by atoms with Crippen molar-refractivity contribution in [3.8, 4) is 0 Å². The average Bonchev–Trinajstić information content (AvgIpc) is 2.96. The van der Waals surface area contributed by atoms with Gasteiger partial charge in [0.25, 0.3) is 0 Å². The molecule has 28 heavy (non-hydrogen) atoms. The standard InChI is InChI=1S/C25H31NO2/c27-25(28-15-16-4-2-1-3-5-16)26-22-6-7-23(26)14-21(13-22)24-19-9-17-8-18(11-19)12-20(24)10-17/h1-5,13,17-20,22-24H,6-12,14-15H2. The minimum atomic E-state index is -0.114. The summed E-state index contributed by atoms with van der Waals surface area (Å²) in [6, 6.07) is 10.7. The third kappa shape index (κ3) is 2.81. The van der Waals surface area contributed by atoms with Gasteiger partial charge in [-0.15, -0.1) is 0 Å². The topological polar surface area (TPSA) is 29.5 Å². The first-order valence-electron chi connectivity index (χ1n) is 11.4. The number of benzene rings is 1. The number of carbonyl (C=O) groups is 1. The minimum Gasteiger partial charge on any atom is -0.445 e. The summed E-state index contributed by atoms with van der Waals surface area (Å²) in [5, 5.41) is 0. The van der Waals surface area contributed by atoms with Gasteiger partial charge in [0.1, 0.15) is 6.61 Å². The van der Waals surface area contributed by atoms with Crippen LogP contribution in [0.3, 0.4) is 0 Å². The van der Waals surface area contributed by atoms with Crippen LogP contribution in [0.15, 0.2) is 42.0 Å². The van der Waals surface area contributed by atoms with Gasteiger partial charge in [-0.2, -0.15) is 0 Å². The molecule has 0 aromatic heterocycles. The van der Waals surface area contributed by atoms with Crippen LogP contribution in [0.2, 0.25) is 0 Å². The average molecular weight is 378 g/mol. The molecule has 2 atom stereocenters. The number of ether oxygens (including phenoxy) is 1. The van der Waals surface area contributed by atoms with E-state index in [1.807, 2.05) is 30.3 Å². The van der Waals surface area contributed by atoms with E-state index in [0.717, 1.165) is 54.4 Å². The zero-order valence-corrected chi connectivity index (χ0v) is 16.6. The lowest BCUT2D eigenvalue weighted by molar-refractivity contribution is -0.0242. The summed E-state index contributed by atoms with van der Waals surface area (Å²) in [6.07, 6.45) is 13.2. The van der Waals surface area contributed by atoms with Gasteiger partial charge in [0.2, 0.25) is 0 Å². The Morgan fingerprint density at radius 1 is 0.964 bits per heavy atom. The van der Waals surface area contributed by atoms with Gasteiger partial charge in [-0.3, -0.25) is 4.90 Å². The molecule has 2 unspecified atom stereocenters. The predicted octanol–water partition coefficient (Wildman–Crippen LogP) is 5.56. The third-order valence-electron chi connectivity index (χ3n) is 8.49. The van der Waals surface area contributed by atoms with E-state index in [2.05, 4.69) is 11.0 Å². The lowest BCUT2D eigenvalue weighted by Crippen LogP contribution is -2.49. The van der Waals surface area contributed by atoms with E-state index < -0.39 is 0 Å². The predicted molar refractivity (Wildman–Crippen MR) is 109 cm³/mol. The third-order valence-corrected chi connectivity index (χ3v) is 8.49. The van der Waals surface area contributed by atoms with E-state index in [-0.39, 0.29) is 12.1 Å². The van der Waals surface area contributed by atoms with Gasteiger partial charge in [0.05, 0.1) is 6.04 Å². The van der Waals surface area contributed by atoms with Crippen molar-refractivity contribution in [3.05, 3.63) is 47.5 Å². The van der Waals surface area contributed by atoms with Gasteiger partial charge in [0, 0.05) is 6.04 Å². The molecule has 2 aliphatic heterocycles. The minimum absolute atomic E-state index is 0.114. The van der Waals surface area contributed by atoms with Gasteiger partial charge in [-0.1, -0.05) is 42.0 Å². The molecule has 148 valence electrons. The molecule has 5 fully saturated rings.